The van der Waals surface area contributed by atoms with Crippen LogP contribution in [-0.4, -0.2) is 24.2 Å². The summed E-state index contributed by atoms with van der Waals surface area (Å²) in [6.45, 7) is 0.560. The van der Waals surface area contributed by atoms with E-state index in [1.165, 1.54) is 0 Å². The summed E-state index contributed by atoms with van der Waals surface area (Å²) >= 11 is 0. The maximum atomic E-state index is 9.85. The summed E-state index contributed by atoms with van der Waals surface area (Å²) in [4.78, 5) is 9.85. The fourth-order valence-electron chi connectivity index (χ4n) is 0.356. The molecule has 0 aliphatic carbocycles. The first kappa shape index (κ1) is 12.0. The summed E-state index contributed by atoms with van der Waals surface area (Å²) in [5.74, 6) is 1.53. The average molecular weight is 164 g/mol. The van der Waals surface area contributed by atoms with Crippen molar-refractivity contribution in [1.29, 1.82) is 0 Å². The van der Waals surface area contributed by atoms with Gasteiger partial charge in [0.25, 0.3) is 0 Å². The molecule has 0 aromatic heterocycles. The maximum Gasteiger partial charge on any atom is 0.317 e. The Balaban J connectivity index is 0. The molecular weight excluding hydrogens is 154 g/mol. The topological polar surface area (TPSA) is 49.3 Å². The molecule has 4 heteroatoms. The van der Waals surface area contributed by atoms with E-state index in [0.717, 1.165) is 0 Å². The van der Waals surface area contributed by atoms with Crippen LogP contribution in [0.1, 0.15) is 6.42 Å². The molecule has 0 aliphatic heterocycles. The van der Waals surface area contributed by atoms with Crippen LogP contribution in [0.4, 0.5) is 0 Å². The average Bonchev–Trinajstić information content (AvgIpc) is 1.80. The summed E-state index contributed by atoms with van der Waals surface area (Å²) in [6.07, 6.45) is 5.48. The van der Waals surface area contributed by atoms with Crippen molar-refractivity contribution in [2.45, 2.75) is 6.42 Å². The predicted molar refractivity (Wildman–Crippen MR) is 41.2 cm³/mol. The molecule has 0 bridgehead atoms. The highest BCUT2D eigenvalue weighted by molar-refractivity contribution is 5.85. The number of rotatable bonds is 4. The highest BCUT2D eigenvalue weighted by atomic mass is 35.5. The number of carbonyl (C=O) groups is 1. The van der Waals surface area contributed by atoms with Crippen LogP contribution in [0.5, 0.6) is 0 Å². The lowest BCUT2D eigenvalue weighted by Crippen LogP contribution is -2.22. The van der Waals surface area contributed by atoms with E-state index in [1.54, 1.807) is 0 Å². The lowest BCUT2D eigenvalue weighted by molar-refractivity contribution is -0.135. The number of aliphatic carboxylic acids is 1. The third-order valence-electron chi connectivity index (χ3n) is 0.722. The minimum absolute atomic E-state index is 0. The van der Waals surface area contributed by atoms with Crippen LogP contribution in [0.25, 0.3) is 0 Å². The van der Waals surface area contributed by atoms with Crippen LogP contribution in [0, 0.1) is 12.3 Å². The Morgan fingerprint density at radius 2 is 2.30 bits per heavy atom. The first-order valence-corrected chi connectivity index (χ1v) is 2.63. The molecule has 0 spiro atoms. The van der Waals surface area contributed by atoms with Crippen LogP contribution >= 0.6 is 12.4 Å². The van der Waals surface area contributed by atoms with Crippen molar-refractivity contribution in [3.8, 4) is 12.3 Å². The maximum absolute atomic E-state index is 9.85. The third kappa shape index (κ3) is 10.3. The lowest BCUT2D eigenvalue weighted by atomic mass is 10.4. The van der Waals surface area contributed by atoms with E-state index in [4.69, 9.17) is 11.5 Å². The molecule has 0 amide bonds. The number of hydrogen-bond acceptors (Lipinski definition) is 2. The normalized spacial score (nSPS) is 7.50. The van der Waals surface area contributed by atoms with E-state index in [-0.39, 0.29) is 19.0 Å². The SMILES string of the molecule is C#CCCNCC(=O)O.Cl. The van der Waals surface area contributed by atoms with E-state index < -0.39 is 5.97 Å². The van der Waals surface area contributed by atoms with Gasteiger partial charge in [-0.1, -0.05) is 0 Å². The monoisotopic (exact) mass is 163 g/mol. The van der Waals surface area contributed by atoms with Crippen LogP contribution in [0.2, 0.25) is 0 Å². The molecule has 0 aromatic carbocycles. The molecular formula is C6H10ClNO2. The minimum atomic E-state index is -0.855. The summed E-state index contributed by atoms with van der Waals surface area (Å²) in [7, 11) is 0. The number of nitrogens with one attached hydrogen (secondary N) is 1. The molecule has 0 atom stereocenters. The zero-order valence-electron chi connectivity index (χ0n) is 5.46. The zero-order valence-corrected chi connectivity index (χ0v) is 6.28. The molecule has 3 nitrogen and oxygen atoms in total. The summed E-state index contributed by atoms with van der Waals surface area (Å²) < 4.78 is 0. The molecule has 0 fully saturated rings. The summed E-state index contributed by atoms with van der Waals surface area (Å²) in [6, 6.07) is 0. The van der Waals surface area contributed by atoms with Crippen LogP contribution in [-0.2, 0) is 4.79 Å². The molecule has 0 saturated carbocycles. The predicted octanol–water partition coefficient (Wildman–Crippen LogP) is 0.106. The molecule has 0 saturated heterocycles. The van der Waals surface area contributed by atoms with Gasteiger partial charge in [0.05, 0.1) is 6.54 Å². The van der Waals surface area contributed by atoms with Crippen molar-refractivity contribution in [2.75, 3.05) is 13.1 Å². The standard InChI is InChI=1S/C6H9NO2.ClH/c1-2-3-4-7-5-6(8)9;/h1,7H,3-5H2,(H,8,9);1H. The van der Waals surface area contributed by atoms with Gasteiger partial charge >= 0.3 is 5.97 Å². The Hall–Kier alpha value is -0.720. The van der Waals surface area contributed by atoms with Crippen LogP contribution in [0.3, 0.4) is 0 Å². The van der Waals surface area contributed by atoms with Crippen molar-refractivity contribution in [1.82, 2.24) is 5.32 Å². The van der Waals surface area contributed by atoms with Gasteiger partial charge in [-0.15, -0.1) is 24.8 Å². The van der Waals surface area contributed by atoms with Crippen molar-refractivity contribution in [2.24, 2.45) is 0 Å². The van der Waals surface area contributed by atoms with Gasteiger partial charge in [0.2, 0.25) is 0 Å². The highest BCUT2D eigenvalue weighted by Crippen LogP contribution is 1.68. The van der Waals surface area contributed by atoms with E-state index in [1.807, 2.05) is 0 Å². The van der Waals surface area contributed by atoms with Gasteiger partial charge in [0.1, 0.15) is 0 Å². The first-order chi connectivity index (χ1) is 4.27. The van der Waals surface area contributed by atoms with E-state index in [2.05, 4.69) is 11.2 Å². The molecule has 0 radical (unpaired) electrons. The largest absolute Gasteiger partial charge is 0.480 e. The Bertz CT molecular complexity index is 130. The molecule has 0 aliphatic rings. The second-order valence-corrected chi connectivity index (χ2v) is 1.52. The van der Waals surface area contributed by atoms with Crippen molar-refractivity contribution < 1.29 is 9.90 Å². The number of halogens is 1. The molecule has 10 heavy (non-hydrogen) atoms. The second kappa shape index (κ2) is 8.28. The van der Waals surface area contributed by atoms with E-state index in [9.17, 15) is 4.79 Å². The molecule has 0 rings (SSSR count). The van der Waals surface area contributed by atoms with E-state index >= 15 is 0 Å². The first-order valence-electron chi connectivity index (χ1n) is 2.63. The zero-order chi connectivity index (χ0) is 7.11. The van der Waals surface area contributed by atoms with Crippen molar-refractivity contribution >= 4 is 18.4 Å². The van der Waals surface area contributed by atoms with Crippen LogP contribution < -0.4 is 5.32 Å². The van der Waals surface area contributed by atoms with Gasteiger partial charge in [0.15, 0.2) is 0 Å². The molecule has 2 N–H and O–H groups in total. The van der Waals surface area contributed by atoms with Crippen LogP contribution in [0.15, 0.2) is 0 Å². The molecule has 58 valence electrons. The highest BCUT2D eigenvalue weighted by Gasteiger charge is 1.91. The number of terminal acetylenes is 1. The fourth-order valence-corrected chi connectivity index (χ4v) is 0.356. The number of hydrogen-bond donors (Lipinski definition) is 2. The number of carboxylic acids is 1. The van der Waals surface area contributed by atoms with E-state index in [0.29, 0.717) is 13.0 Å². The van der Waals surface area contributed by atoms with Gasteiger partial charge in [-0.05, 0) is 0 Å². The van der Waals surface area contributed by atoms with Gasteiger partial charge in [-0.3, -0.25) is 4.79 Å². The minimum Gasteiger partial charge on any atom is -0.480 e. The molecule has 0 aromatic rings. The molecule has 0 heterocycles. The Morgan fingerprint density at radius 1 is 1.70 bits per heavy atom. The second-order valence-electron chi connectivity index (χ2n) is 1.52. The smallest absolute Gasteiger partial charge is 0.317 e. The van der Waals surface area contributed by atoms with Crippen molar-refractivity contribution in [3.05, 3.63) is 0 Å². The van der Waals surface area contributed by atoms with Gasteiger partial charge in [-0.25, -0.2) is 0 Å². The quantitative estimate of drug-likeness (QED) is 0.457. The molecule has 0 unspecified atom stereocenters. The van der Waals surface area contributed by atoms with Gasteiger partial charge in [0, 0.05) is 13.0 Å². The number of carboxylic acid groups (broad SMARTS) is 1. The fraction of sp³-hybridized carbons (Fsp3) is 0.500. The lowest BCUT2D eigenvalue weighted by Gasteiger charge is -1.94. The van der Waals surface area contributed by atoms with Crippen molar-refractivity contribution in [3.63, 3.8) is 0 Å². The Labute approximate surface area is 66.2 Å². The van der Waals surface area contributed by atoms with Gasteiger partial charge < -0.3 is 10.4 Å². The third-order valence-corrected chi connectivity index (χ3v) is 0.722. The Morgan fingerprint density at radius 3 is 2.70 bits per heavy atom. The Kier molecular flexibility index (Phi) is 9.94. The summed E-state index contributed by atoms with van der Waals surface area (Å²) in [5, 5.41) is 10.7. The summed E-state index contributed by atoms with van der Waals surface area (Å²) in [5.41, 5.74) is 0. The van der Waals surface area contributed by atoms with Gasteiger partial charge in [-0.2, -0.15) is 0 Å².